The molecule has 1 aromatic rings. The van der Waals surface area contributed by atoms with E-state index in [9.17, 15) is 20.3 Å². The molecule has 9 heteroatoms. The fourth-order valence-electron chi connectivity index (χ4n) is 14.8. The van der Waals surface area contributed by atoms with E-state index in [0.717, 1.165) is 19.3 Å². The van der Waals surface area contributed by atoms with Crippen molar-refractivity contribution in [3.05, 3.63) is 59.3 Å². The Kier molecular flexibility index (Phi) is 12.2. The predicted octanol–water partition coefficient (Wildman–Crippen LogP) is 11.4. The third-order valence-electron chi connectivity index (χ3n) is 19.6. The summed E-state index contributed by atoms with van der Waals surface area (Å²) in [6.45, 7) is 32.2. The number of aromatic nitrogens is 1. The Morgan fingerprint density at radius 3 is 2.39 bits per heavy atom. The SMILES string of the molecule is C=C(C)[C@@H]1CC[C@]2(NCC(O)CO[Si](C)(C)C(C)(C)C)CC[C@]3(C)[C@H](CC[C@@H]4C5(C)CC=C(C6=CCC(COc7ncccc7C#N)(C(=O)O)CC6)C(C)(C)[C@@H]5CC[C@]43C)[C@@H]12. The Balaban J connectivity index is 1.10. The highest BCUT2D eigenvalue weighted by Crippen LogP contribution is 2.76. The molecule has 3 unspecified atom stereocenters. The third kappa shape index (κ3) is 7.53. The Bertz CT molecular complexity index is 1980. The minimum Gasteiger partial charge on any atom is -0.481 e. The number of nitriles is 1. The predicted molar refractivity (Wildman–Crippen MR) is 246 cm³/mol. The van der Waals surface area contributed by atoms with Crippen molar-refractivity contribution in [3.63, 3.8) is 0 Å². The number of ether oxygens (including phenoxy) is 1. The highest BCUT2D eigenvalue weighted by Gasteiger charge is 2.70. The molecule has 4 saturated carbocycles. The first kappa shape index (κ1) is 46.2. The van der Waals surface area contributed by atoms with Crippen molar-refractivity contribution in [1.29, 1.82) is 5.26 Å². The van der Waals surface area contributed by atoms with E-state index in [4.69, 9.17) is 9.16 Å². The molecule has 11 atom stereocenters. The van der Waals surface area contributed by atoms with Crippen molar-refractivity contribution in [3.8, 4) is 11.9 Å². The molecule has 0 saturated heterocycles. The number of fused-ring (bicyclic) bond motifs is 7. The van der Waals surface area contributed by atoms with Gasteiger partial charge >= 0.3 is 5.97 Å². The number of hydrogen-bond donors (Lipinski definition) is 3. The Morgan fingerprint density at radius 1 is 1.02 bits per heavy atom. The number of aliphatic hydroxyl groups is 1. The van der Waals surface area contributed by atoms with Gasteiger partial charge in [-0.3, -0.25) is 4.79 Å². The average molecular weight is 854 g/mol. The lowest BCUT2D eigenvalue weighted by molar-refractivity contribution is -0.221. The van der Waals surface area contributed by atoms with Gasteiger partial charge in [0.2, 0.25) is 5.88 Å². The molecule has 4 fully saturated rings. The number of carboxylic acids is 1. The molecule has 6 aliphatic carbocycles. The van der Waals surface area contributed by atoms with Crippen molar-refractivity contribution in [2.45, 2.75) is 169 Å². The van der Waals surface area contributed by atoms with Gasteiger partial charge in [-0.05, 0) is 177 Å². The lowest BCUT2D eigenvalue weighted by atomic mass is 9.33. The maximum atomic E-state index is 12.8. The van der Waals surface area contributed by atoms with E-state index in [0.29, 0.717) is 67.6 Å². The minimum atomic E-state index is -1.95. The summed E-state index contributed by atoms with van der Waals surface area (Å²) in [6, 6.07) is 5.44. The van der Waals surface area contributed by atoms with Gasteiger partial charge in [0.1, 0.15) is 23.7 Å². The lowest BCUT2D eigenvalue weighted by Crippen LogP contribution is -2.68. The number of β-amino-alcohol motifs (C(OH)–C–C–N with tert-alkyl or cyclic N) is 1. The number of nitrogens with zero attached hydrogens (tertiary/aromatic N) is 2. The van der Waals surface area contributed by atoms with Gasteiger partial charge in [-0.1, -0.05) is 79.7 Å². The zero-order valence-corrected chi connectivity index (χ0v) is 40.7. The van der Waals surface area contributed by atoms with E-state index in [1.54, 1.807) is 18.3 Å². The fraction of sp³-hybridized carbons (Fsp3) is 0.750. The summed E-state index contributed by atoms with van der Waals surface area (Å²) in [4.78, 5) is 17.0. The molecule has 6 aliphatic rings. The summed E-state index contributed by atoms with van der Waals surface area (Å²) in [6.07, 6.45) is 18.1. The van der Waals surface area contributed by atoms with Crippen LogP contribution in [-0.2, 0) is 9.22 Å². The quantitative estimate of drug-likeness (QED) is 0.140. The van der Waals surface area contributed by atoms with Gasteiger partial charge < -0.3 is 24.7 Å². The van der Waals surface area contributed by atoms with Gasteiger partial charge in [-0.15, -0.1) is 0 Å². The van der Waals surface area contributed by atoms with Gasteiger partial charge in [0.25, 0.3) is 0 Å². The number of nitrogens with one attached hydrogen (secondary N) is 1. The Morgan fingerprint density at radius 2 is 1.75 bits per heavy atom. The molecule has 0 amide bonds. The first-order valence-electron chi connectivity index (χ1n) is 23.8. The van der Waals surface area contributed by atoms with Crippen LogP contribution in [0.1, 0.15) is 145 Å². The van der Waals surface area contributed by atoms with Crippen molar-refractivity contribution in [1.82, 2.24) is 10.3 Å². The van der Waals surface area contributed by atoms with Crippen LogP contribution in [0.5, 0.6) is 5.88 Å². The molecule has 1 heterocycles. The molecule has 1 aromatic heterocycles. The number of carbonyl (C=O) groups is 1. The first-order chi connectivity index (χ1) is 28.4. The molecule has 0 aromatic carbocycles. The molecule has 3 N–H and O–H groups in total. The number of aliphatic hydroxyl groups excluding tert-OH is 1. The summed E-state index contributed by atoms with van der Waals surface area (Å²) in [5.74, 6) is 2.14. The maximum absolute atomic E-state index is 12.8. The third-order valence-corrected chi connectivity index (χ3v) is 24.1. The van der Waals surface area contributed by atoms with Gasteiger partial charge in [-0.2, -0.15) is 5.26 Å². The lowest BCUT2D eigenvalue weighted by Gasteiger charge is -2.72. The van der Waals surface area contributed by atoms with Crippen LogP contribution in [0, 0.1) is 68.0 Å². The number of rotatable bonds is 12. The summed E-state index contributed by atoms with van der Waals surface area (Å²) in [5, 5.41) is 35.6. The number of carboxylic acid groups (broad SMARTS) is 1. The molecule has 8 nitrogen and oxygen atoms in total. The van der Waals surface area contributed by atoms with E-state index in [2.05, 4.69) is 111 Å². The topological polar surface area (TPSA) is 125 Å². The number of pyridine rings is 1. The van der Waals surface area contributed by atoms with Crippen molar-refractivity contribution < 1.29 is 24.2 Å². The van der Waals surface area contributed by atoms with Crippen LogP contribution in [0.2, 0.25) is 18.1 Å². The Labute approximate surface area is 369 Å². The van der Waals surface area contributed by atoms with Crippen LogP contribution >= 0.6 is 0 Å². The minimum absolute atomic E-state index is 0.0134. The van der Waals surface area contributed by atoms with Crippen LogP contribution in [0.3, 0.4) is 0 Å². The molecule has 336 valence electrons. The molecule has 0 bridgehead atoms. The highest BCUT2D eigenvalue weighted by atomic mass is 28.4. The van der Waals surface area contributed by atoms with Crippen LogP contribution in [-0.4, -0.2) is 60.9 Å². The maximum Gasteiger partial charge on any atom is 0.313 e. The van der Waals surface area contributed by atoms with E-state index in [1.807, 2.05) is 0 Å². The number of hydrogen-bond acceptors (Lipinski definition) is 7. The highest BCUT2D eigenvalue weighted by molar-refractivity contribution is 6.74. The molecule has 0 spiro atoms. The monoisotopic (exact) mass is 854 g/mol. The second kappa shape index (κ2) is 16.0. The normalized spacial score (nSPS) is 38.6. The van der Waals surface area contributed by atoms with Crippen LogP contribution in [0.25, 0.3) is 0 Å². The zero-order chi connectivity index (χ0) is 44.6. The summed E-state index contributed by atoms with van der Waals surface area (Å²) < 4.78 is 12.4. The smallest absolute Gasteiger partial charge is 0.313 e. The molecule has 7 rings (SSSR count). The van der Waals surface area contributed by atoms with Crippen LogP contribution in [0.4, 0.5) is 0 Å². The summed E-state index contributed by atoms with van der Waals surface area (Å²) in [7, 11) is -1.95. The zero-order valence-electron chi connectivity index (χ0n) is 39.7. The molecular weight excluding hydrogens is 775 g/mol. The van der Waals surface area contributed by atoms with E-state index >= 15 is 0 Å². The van der Waals surface area contributed by atoms with E-state index in [-0.39, 0.29) is 44.7 Å². The standard InChI is InChI=1S/C52H79N3O5Si/c1-34(2)38-19-26-52(55-31-37(56)32-60-61(11,12)46(3,4)5)28-27-49(9)40(43(38)52)15-16-42-48(8)22-20-39(47(6,7)41(48)21-23-50(42,49)10)35-17-24-51(25-18-35,45(57)58)33-59-44-36(30-53)14-13-29-54-44/h13-14,17,20,29,37-38,40-43,55-56H,1,15-16,18-19,21-28,31-33H2,2-12H3,(H,57,58)/t37?,38-,40+,41-,42+,43+,48?,49+,50+,51?,52-/m0/s1. The average Bonchev–Trinajstić information content (AvgIpc) is 3.59. The summed E-state index contributed by atoms with van der Waals surface area (Å²) in [5.41, 5.74) is 3.92. The largest absolute Gasteiger partial charge is 0.481 e. The Hall–Kier alpha value is -2.77. The van der Waals surface area contributed by atoms with Gasteiger partial charge in [0, 0.05) is 18.3 Å². The fourth-order valence-corrected chi connectivity index (χ4v) is 15.9. The molecular formula is C52H79N3O5Si. The molecule has 0 radical (unpaired) electrons. The number of allylic oxidation sites excluding steroid dienone is 5. The van der Waals surface area contributed by atoms with E-state index < -0.39 is 25.8 Å². The van der Waals surface area contributed by atoms with Crippen LogP contribution < -0.4 is 10.1 Å². The second-order valence-electron chi connectivity index (χ2n) is 23.8. The van der Waals surface area contributed by atoms with Gasteiger partial charge in [0.15, 0.2) is 8.32 Å². The van der Waals surface area contributed by atoms with Crippen molar-refractivity contribution in [2.75, 3.05) is 19.8 Å². The van der Waals surface area contributed by atoms with Crippen molar-refractivity contribution in [2.24, 2.45) is 56.7 Å². The van der Waals surface area contributed by atoms with Crippen molar-refractivity contribution >= 4 is 14.3 Å². The second-order valence-corrected chi connectivity index (χ2v) is 28.6. The number of aliphatic carboxylic acids is 1. The van der Waals surface area contributed by atoms with Gasteiger partial charge in [-0.25, -0.2) is 4.98 Å². The van der Waals surface area contributed by atoms with Gasteiger partial charge in [0.05, 0.1) is 12.7 Å². The summed E-state index contributed by atoms with van der Waals surface area (Å²) >= 11 is 0. The first-order valence-corrected chi connectivity index (χ1v) is 26.7. The molecule has 61 heavy (non-hydrogen) atoms. The van der Waals surface area contributed by atoms with E-state index in [1.165, 1.54) is 55.2 Å². The van der Waals surface area contributed by atoms with Crippen LogP contribution in [0.15, 0.2) is 53.8 Å². The molecule has 0 aliphatic heterocycles.